The van der Waals surface area contributed by atoms with Gasteiger partial charge in [-0.05, 0) is 87.2 Å². The molecule has 1 aromatic carbocycles. The van der Waals surface area contributed by atoms with Crippen LogP contribution in [-0.4, -0.2) is 57.3 Å². The average Bonchev–Trinajstić information content (AvgIpc) is 3.37. The van der Waals surface area contributed by atoms with Crippen molar-refractivity contribution in [1.29, 1.82) is 0 Å². The molecule has 40 heavy (non-hydrogen) atoms. The van der Waals surface area contributed by atoms with Crippen LogP contribution < -0.4 is 11.1 Å². The van der Waals surface area contributed by atoms with E-state index in [1.54, 1.807) is 11.0 Å². The van der Waals surface area contributed by atoms with Gasteiger partial charge in [-0.3, -0.25) is 9.59 Å². The highest BCUT2D eigenvalue weighted by molar-refractivity contribution is 7.18. The van der Waals surface area contributed by atoms with Gasteiger partial charge in [0.2, 0.25) is 0 Å². The molecular formula is C31H40N6O2S. The number of benzene rings is 1. The number of hydrogen-bond acceptors (Lipinski definition) is 7. The Morgan fingerprint density at radius 3 is 2.65 bits per heavy atom. The van der Waals surface area contributed by atoms with Crippen LogP contribution in [0.25, 0.3) is 10.2 Å². The summed E-state index contributed by atoms with van der Waals surface area (Å²) in [5.74, 6) is 0.147. The first-order valence-corrected chi connectivity index (χ1v) is 15.6. The SMILES string of the molecule is CCc1cc(NC(=O)C(=O)N2C[C@@H](C)CC[C@@H]2c2ccc3sc(C4CC5CCCC(C4)N5C)nc3c2)cnc1N. The van der Waals surface area contributed by atoms with Gasteiger partial charge in [0.15, 0.2) is 0 Å². The first-order chi connectivity index (χ1) is 19.3. The lowest BCUT2D eigenvalue weighted by Gasteiger charge is -2.46. The molecule has 3 aliphatic heterocycles. The minimum Gasteiger partial charge on any atom is -0.383 e. The minimum absolute atomic E-state index is 0.151. The van der Waals surface area contributed by atoms with Crippen molar-refractivity contribution < 1.29 is 9.59 Å². The summed E-state index contributed by atoms with van der Waals surface area (Å²) in [4.78, 5) is 40.3. The van der Waals surface area contributed by atoms with Crippen molar-refractivity contribution in [2.45, 2.75) is 89.3 Å². The Morgan fingerprint density at radius 1 is 1.12 bits per heavy atom. The quantitative estimate of drug-likeness (QED) is 0.408. The number of amides is 2. The predicted molar refractivity (Wildman–Crippen MR) is 160 cm³/mol. The second-order valence-corrected chi connectivity index (χ2v) is 13.1. The number of carbonyl (C=O) groups is 2. The molecule has 2 amide bonds. The molecule has 3 saturated heterocycles. The molecule has 3 aromatic rings. The summed E-state index contributed by atoms with van der Waals surface area (Å²) in [7, 11) is 2.29. The number of anilines is 2. The van der Waals surface area contributed by atoms with Crippen molar-refractivity contribution in [2.75, 3.05) is 24.6 Å². The van der Waals surface area contributed by atoms with E-state index in [4.69, 9.17) is 10.7 Å². The van der Waals surface area contributed by atoms with E-state index in [2.05, 4.69) is 47.4 Å². The molecule has 0 aliphatic carbocycles. The third-order valence-corrected chi connectivity index (χ3v) is 10.6. The van der Waals surface area contributed by atoms with Gasteiger partial charge >= 0.3 is 11.8 Å². The van der Waals surface area contributed by atoms with E-state index in [0.717, 1.165) is 29.5 Å². The van der Waals surface area contributed by atoms with Crippen LogP contribution in [0.4, 0.5) is 11.5 Å². The predicted octanol–water partition coefficient (Wildman–Crippen LogP) is 5.50. The summed E-state index contributed by atoms with van der Waals surface area (Å²) in [6, 6.07) is 9.43. The number of nitrogen functional groups attached to an aromatic ring is 1. The van der Waals surface area contributed by atoms with Crippen LogP contribution in [0.1, 0.15) is 86.9 Å². The summed E-state index contributed by atoms with van der Waals surface area (Å²) in [6.45, 7) is 4.67. The smallest absolute Gasteiger partial charge is 0.313 e. The van der Waals surface area contributed by atoms with E-state index >= 15 is 0 Å². The van der Waals surface area contributed by atoms with Gasteiger partial charge in [0.25, 0.3) is 0 Å². The number of rotatable bonds is 4. The van der Waals surface area contributed by atoms with E-state index in [0.29, 0.717) is 48.4 Å². The molecule has 212 valence electrons. The molecule has 3 aliphatic rings. The van der Waals surface area contributed by atoms with Crippen LogP contribution in [0, 0.1) is 5.92 Å². The number of hydrogen-bond donors (Lipinski definition) is 2. The molecule has 0 saturated carbocycles. The standard InChI is InChI=1S/C31H40N6O2S/c1-4-19-12-22(16-33-28(19)32)34-29(38)31(39)37-17-18(2)8-10-26(37)20-9-11-27-25(15-20)35-30(40-27)21-13-23-6-5-7-24(14-21)36(23)3/h9,11-12,15-16,18,21,23-24,26H,4-8,10,13-14,17H2,1-3H3,(H2,32,33)(H,34,38)/t18-,21?,23?,24?,26+/m0/s1. The zero-order valence-electron chi connectivity index (χ0n) is 23.7. The molecule has 0 spiro atoms. The van der Waals surface area contributed by atoms with Crippen molar-refractivity contribution in [1.82, 2.24) is 19.8 Å². The number of aryl methyl sites for hydroxylation is 1. The molecule has 2 aromatic heterocycles. The first-order valence-electron chi connectivity index (χ1n) is 14.8. The lowest BCUT2D eigenvalue weighted by atomic mass is 9.79. The van der Waals surface area contributed by atoms with E-state index in [-0.39, 0.29) is 6.04 Å². The molecule has 3 fully saturated rings. The van der Waals surface area contributed by atoms with Gasteiger partial charge in [-0.1, -0.05) is 26.3 Å². The van der Waals surface area contributed by atoms with Crippen molar-refractivity contribution in [3.05, 3.63) is 46.6 Å². The highest BCUT2D eigenvalue weighted by atomic mass is 32.1. The van der Waals surface area contributed by atoms with E-state index in [9.17, 15) is 9.59 Å². The van der Waals surface area contributed by atoms with Gasteiger partial charge in [0.1, 0.15) is 5.82 Å². The largest absolute Gasteiger partial charge is 0.383 e. The maximum atomic E-state index is 13.5. The third-order valence-electron chi connectivity index (χ3n) is 9.41. The number of fused-ring (bicyclic) bond motifs is 3. The molecule has 3 N–H and O–H groups in total. The molecule has 6 rings (SSSR count). The van der Waals surface area contributed by atoms with Crippen molar-refractivity contribution in [2.24, 2.45) is 5.92 Å². The number of carbonyl (C=O) groups excluding carboxylic acids is 2. The molecular weight excluding hydrogens is 520 g/mol. The summed E-state index contributed by atoms with van der Waals surface area (Å²) in [5.41, 5.74) is 9.31. The lowest BCUT2D eigenvalue weighted by molar-refractivity contribution is -0.146. The Kier molecular flexibility index (Phi) is 7.52. The second kappa shape index (κ2) is 11.1. The van der Waals surface area contributed by atoms with Gasteiger partial charge in [0.05, 0.1) is 33.2 Å². The highest BCUT2D eigenvalue weighted by Crippen LogP contribution is 2.43. The molecule has 8 nitrogen and oxygen atoms in total. The number of likely N-dealkylation sites (tertiary alicyclic amines) is 1. The number of piperidine rings is 3. The molecule has 9 heteroatoms. The summed E-state index contributed by atoms with van der Waals surface area (Å²) < 4.78 is 1.20. The number of aromatic nitrogens is 2. The molecule has 0 radical (unpaired) electrons. The summed E-state index contributed by atoms with van der Waals surface area (Å²) in [5, 5.41) is 4.01. The third kappa shape index (κ3) is 5.21. The summed E-state index contributed by atoms with van der Waals surface area (Å²) in [6.07, 6.45) is 10.4. The Morgan fingerprint density at radius 2 is 1.90 bits per heavy atom. The van der Waals surface area contributed by atoms with E-state index in [1.807, 2.05) is 18.3 Å². The first kappa shape index (κ1) is 27.1. The minimum atomic E-state index is -0.641. The van der Waals surface area contributed by atoms with Crippen LogP contribution in [-0.2, 0) is 16.0 Å². The number of nitrogens with zero attached hydrogens (tertiary/aromatic N) is 4. The molecule has 5 heterocycles. The zero-order valence-corrected chi connectivity index (χ0v) is 24.5. The van der Waals surface area contributed by atoms with Gasteiger partial charge in [-0.2, -0.15) is 0 Å². The number of nitrogens with one attached hydrogen (secondary N) is 1. The highest BCUT2D eigenvalue weighted by Gasteiger charge is 2.38. The molecule has 2 bridgehead atoms. The van der Waals surface area contributed by atoms with Crippen LogP contribution in [0.5, 0.6) is 0 Å². The lowest BCUT2D eigenvalue weighted by Crippen LogP contribution is -2.49. The Labute approximate surface area is 240 Å². The normalized spacial score (nSPS) is 27.1. The maximum absolute atomic E-state index is 13.5. The van der Waals surface area contributed by atoms with Gasteiger partial charge in [0, 0.05) is 24.5 Å². The van der Waals surface area contributed by atoms with Crippen molar-refractivity contribution in [3.8, 4) is 0 Å². The van der Waals surface area contributed by atoms with Crippen LogP contribution >= 0.6 is 11.3 Å². The Balaban J connectivity index is 1.22. The molecule has 2 unspecified atom stereocenters. The van der Waals surface area contributed by atoms with Crippen molar-refractivity contribution >= 4 is 44.9 Å². The fourth-order valence-electron chi connectivity index (χ4n) is 7.07. The van der Waals surface area contributed by atoms with E-state index in [1.165, 1.54) is 48.0 Å². The topological polar surface area (TPSA) is 104 Å². The fraction of sp³-hybridized carbons (Fsp3) is 0.548. The van der Waals surface area contributed by atoms with Crippen LogP contribution in [0.3, 0.4) is 0 Å². The monoisotopic (exact) mass is 560 g/mol. The fourth-order valence-corrected chi connectivity index (χ4v) is 8.15. The number of thiazole rings is 1. The van der Waals surface area contributed by atoms with Crippen LogP contribution in [0.2, 0.25) is 0 Å². The Hall–Kier alpha value is -3.04. The zero-order chi connectivity index (χ0) is 28.0. The van der Waals surface area contributed by atoms with Crippen molar-refractivity contribution in [3.63, 3.8) is 0 Å². The summed E-state index contributed by atoms with van der Waals surface area (Å²) >= 11 is 1.83. The van der Waals surface area contributed by atoms with Gasteiger partial charge < -0.3 is 20.9 Å². The van der Waals surface area contributed by atoms with Gasteiger partial charge in [-0.25, -0.2) is 9.97 Å². The second-order valence-electron chi connectivity index (χ2n) is 12.1. The average molecular weight is 561 g/mol. The van der Waals surface area contributed by atoms with Gasteiger partial charge in [-0.15, -0.1) is 11.3 Å². The maximum Gasteiger partial charge on any atom is 0.313 e. The number of nitrogens with two attached hydrogens (primary N) is 1. The van der Waals surface area contributed by atoms with E-state index < -0.39 is 11.8 Å². The molecule has 4 atom stereocenters. The Bertz CT molecular complexity index is 1410. The van der Waals surface area contributed by atoms with Crippen LogP contribution in [0.15, 0.2) is 30.5 Å². The number of pyridine rings is 1.